The van der Waals surface area contributed by atoms with E-state index < -0.39 is 11.9 Å². The third-order valence-electron chi connectivity index (χ3n) is 1.83. The van der Waals surface area contributed by atoms with Crippen molar-refractivity contribution in [3.8, 4) is 0 Å². The third-order valence-corrected chi connectivity index (χ3v) is 1.83. The molecule has 1 aromatic rings. The third kappa shape index (κ3) is 2.57. The first kappa shape index (κ1) is 11.7. The van der Waals surface area contributed by atoms with Gasteiger partial charge in [-0.25, -0.2) is 4.98 Å². The van der Waals surface area contributed by atoms with Gasteiger partial charge in [-0.1, -0.05) is 13.8 Å². The molecule has 0 saturated carbocycles. The molecule has 0 fully saturated rings. The first-order valence-corrected chi connectivity index (χ1v) is 4.44. The van der Waals surface area contributed by atoms with Gasteiger partial charge >= 0.3 is 6.18 Å². The predicted molar refractivity (Wildman–Crippen MR) is 47.5 cm³/mol. The zero-order valence-electron chi connectivity index (χ0n) is 8.38. The fourth-order valence-electron chi connectivity index (χ4n) is 1.27. The molecule has 0 bridgehead atoms. The number of rotatable bonds is 3. The summed E-state index contributed by atoms with van der Waals surface area (Å²) in [5.74, 6) is -0.171. The minimum absolute atomic E-state index is 0.0130. The van der Waals surface area contributed by atoms with Crippen LogP contribution in [0.3, 0.4) is 0 Å². The fourth-order valence-corrected chi connectivity index (χ4v) is 1.27. The van der Waals surface area contributed by atoms with Crippen LogP contribution in [-0.4, -0.2) is 15.8 Å². The van der Waals surface area contributed by atoms with Crippen LogP contribution >= 0.6 is 0 Å². The Hall–Kier alpha value is -1.33. The van der Waals surface area contributed by atoms with E-state index in [-0.39, 0.29) is 18.3 Å². The van der Waals surface area contributed by atoms with Gasteiger partial charge in [0.05, 0.1) is 6.20 Å². The molecule has 0 atom stereocenters. The summed E-state index contributed by atoms with van der Waals surface area (Å²) in [6, 6.07) is 0. The van der Waals surface area contributed by atoms with Gasteiger partial charge in [0.2, 0.25) is 0 Å². The summed E-state index contributed by atoms with van der Waals surface area (Å²) in [5.41, 5.74) is -0.877. The highest BCUT2D eigenvalue weighted by atomic mass is 19.4. The molecule has 0 aliphatic heterocycles. The van der Waals surface area contributed by atoms with Crippen molar-refractivity contribution in [3.63, 3.8) is 0 Å². The van der Waals surface area contributed by atoms with Gasteiger partial charge in [0.25, 0.3) is 0 Å². The summed E-state index contributed by atoms with van der Waals surface area (Å²) in [6.45, 7) is 3.67. The lowest BCUT2D eigenvalue weighted by Gasteiger charge is -2.13. The molecule has 0 N–H and O–H groups in total. The highest BCUT2D eigenvalue weighted by Gasteiger charge is 2.35. The lowest BCUT2D eigenvalue weighted by atomic mass is 10.2. The second-order valence-corrected chi connectivity index (χ2v) is 3.62. The Kier molecular flexibility index (Phi) is 3.16. The molecule has 84 valence electrons. The Morgan fingerprint density at radius 3 is 2.53 bits per heavy atom. The topological polar surface area (TPSA) is 34.9 Å². The molecule has 0 radical (unpaired) electrons. The summed E-state index contributed by atoms with van der Waals surface area (Å²) in [7, 11) is 0. The number of alkyl halides is 3. The number of carbonyl (C=O) groups is 1. The smallest absolute Gasteiger partial charge is 0.318 e. The van der Waals surface area contributed by atoms with Crippen LogP contribution in [0, 0.1) is 5.92 Å². The molecule has 1 aromatic heterocycles. The van der Waals surface area contributed by atoms with Crippen molar-refractivity contribution in [2.45, 2.75) is 26.6 Å². The van der Waals surface area contributed by atoms with Crippen molar-refractivity contribution in [1.29, 1.82) is 0 Å². The molecule has 1 heterocycles. The molecule has 0 unspecified atom stereocenters. The van der Waals surface area contributed by atoms with E-state index in [1.165, 1.54) is 0 Å². The van der Waals surface area contributed by atoms with Gasteiger partial charge in [-0.2, -0.15) is 13.2 Å². The van der Waals surface area contributed by atoms with E-state index >= 15 is 0 Å². The molecule has 0 aliphatic rings. The highest BCUT2D eigenvalue weighted by molar-refractivity contribution is 5.69. The van der Waals surface area contributed by atoms with Gasteiger partial charge in [0, 0.05) is 6.54 Å². The number of hydrogen-bond donors (Lipinski definition) is 0. The Balaban J connectivity index is 3.17. The van der Waals surface area contributed by atoms with Crippen LogP contribution in [0.15, 0.2) is 6.20 Å². The van der Waals surface area contributed by atoms with E-state index in [9.17, 15) is 18.0 Å². The average molecular weight is 220 g/mol. The molecule has 1 rings (SSSR count). The van der Waals surface area contributed by atoms with Crippen molar-refractivity contribution in [1.82, 2.24) is 9.55 Å². The summed E-state index contributed by atoms with van der Waals surface area (Å²) in [5, 5.41) is 0. The fraction of sp³-hybridized carbons (Fsp3) is 0.556. The van der Waals surface area contributed by atoms with Crippen LogP contribution in [0.5, 0.6) is 0 Å². The van der Waals surface area contributed by atoms with Gasteiger partial charge in [-0.3, -0.25) is 4.79 Å². The summed E-state index contributed by atoms with van der Waals surface area (Å²) < 4.78 is 38.3. The molecule has 0 spiro atoms. The standard InChI is InChI=1S/C9H11F3N2O/c1-6(2)4-14-7(9(10,11)12)3-13-8(14)5-15/h3,5-6H,4H2,1-2H3. The second-order valence-electron chi connectivity index (χ2n) is 3.62. The molecule has 0 aliphatic carbocycles. The molecule has 0 saturated heterocycles. The highest BCUT2D eigenvalue weighted by Crippen LogP contribution is 2.30. The molecule has 6 heteroatoms. The van der Waals surface area contributed by atoms with Crippen LogP contribution in [0.2, 0.25) is 0 Å². The maximum absolute atomic E-state index is 12.5. The van der Waals surface area contributed by atoms with E-state index in [0.717, 1.165) is 4.57 Å². The molecule has 3 nitrogen and oxygen atoms in total. The quantitative estimate of drug-likeness (QED) is 0.733. The van der Waals surface area contributed by atoms with Crippen molar-refractivity contribution >= 4 is 6.29 Å². The van der Waals surface area contributed by atoms with Gasteiger partial charge in [0.15, 0.2) is 12.1 Å². The van der Waals surface area contributed by atoms with E-state index in [4.69, 9.17) is 0 Å². The Morgan fingerprint density at radius 1 is 1.53 bits per heavy atom. The number of carbonyl (C=O) groups excluding carboxylic acids is 1. The van der Waals surface area contributed by atoms with Gasteiger partial charge in [-0.15, -0.1) is 0 Å². The molecular weight excluding hydrogens is 209 g/mol. The van der Waals surface area contributed by atoms with E-state index in [1.807, 2.05) is 0 Å². The Labute approximate surface area is 84.9 Å². The van der Waals surface area contributed by atoms with Crippen molar-refractivity contribution in [2.75, 3.05) is 0 Å². The Bertz CT molecular complexity index is 355. The Morgan fingerprint density at radius 2 is 2.13 bits per heavy atom. The lowest BCUT2D eigenvalue weighted by Crippen LogP contribution is -2.17. The zero-order valence-corrected chi connectivity index (χ0v) is 8.38. The number of halogens is 3. The number of aldehydes is 1. The lowest BCUT2D eigenvalue weighted by molar-refractivity contribution is -0.143. The van der Waals surface area contributed by atoms with Crippen molar-refractivity contribution in [2.24, 2.45) is 5.92 Å². The SMILES string of the molecule is CC(C)Cn1c(C(F)(F)F)cnc1C=O. The first-order chi connectivity index (χ1) is 6.86. The van der Waals surface area contributed by atoms with Crippen molar-refractivity contribution < 1.29 is 18.0 Å². The second kappa shape index (κ2) is 4.04. The van der Waals surface area contributed by atoms with Crippen LogP contribution in [0.4, 0.5) is 13.2 Å². The first-order valence-electron chi connectivity index (χ1n) is 4.44. The van der Waals surface area contributed by atoms with Crippen LogP contribution < -0.4 is 0 Å². The zero-order chi connectivity index (χ0) is 11.6. The monoisotopic (exact) mass is 220 g/mol. The molecule has 0 aromatic carbocycles. The van der Waals surface area contributed by atoms with Crippen LogP contribution in [-0.2, 0) is 12.7 Å². The maximum Gasteiger partial charge on any atom is 0.433 e. The number of nitrogens with zero attached hydrogens (tertiary/aromatic N) is 2. The maximum atomic E-state index is 12.5. The number of aromatic nitrogens is 2. The average Bonchev–Trinajstić information content (AvgIpc) is 2.45. The number of hydrogen-bond acceptors (Lipinski definition) is 2. The summed E-state index contributed by atoms with van der Waals surface area (Å²) >= 11 is 0. The molecule has 0 amide bonds. The van der Waals surface area contributed by atoms with Gasteiger partial charge in [-0.05, 0) is 5.92 Å². The van der Waals surface area contributed by atoms with Crippen LogP contribution in [0.1, 0.15) is 30.2 Å². The molecular formula is C9H11F3N2O. The largest absolute Gasteiger partial charge is 0.433 e. The minimum Gasteiger partial charge on any atom is -0.318 e. The number of imidazole rings is 1. The van der Waals surface area contributed by atoms with Gasteiger partial charge in [0.1, 0.15) is 5.69 Å². The summed E-state index contributed by atoms with van der Waals surface area (Å²) in [4.78, 5) is 13.9. The normalized spacial score (nSPS) is 12.1. The van der Waals surface area contributed by atoms with Gasteiger partial charge < -0.3 is 4.57 Å². The van der Waals surface area contributed by atoms with Crippen molar-refractivity contribution in [3.05, 3.63) is 17.7 Å². The van der Waals surface area contributed by atoms with E-state index in [2.05, 4.69) is 4.98 Å². The van der Waals surface area contributed by atoms with E-state index in [0.29, 0.717) is 12.5 Å². The minimum atomic E-state index is -4.47. The van der Waals surface area contributed by atoms with E-state index in [1.54, 1.807) is 13.8 Å². The molecule has 15 heavy (non-hydrogen) atoms. The van der Waals surface area contributed by atoms with Crippen LogP contribution in [0.25, 0.3) is 0 Å². The predicted octanol–water partition coefficient (Wildman–Crippen LogP) is 2.37. The summed E-state index contributed by atoms with van der Waals surface area (Å²) in [6.07, 6.45) is -3.45.